The Bertz CT molecular complexity index is 624. The van der Waals surface area contributed by atoms with Gasteiger partial charge < -0.3 is 14.8 Å². The number of carbonyl (C=O) groups is 1. The number of aryl methyl sites for hydroxylation is 1. The number of carbonyl (C=O) groups excluding carboxylic acids is 1. The number of hydrogen-bond donors (Lipinski definition) is 1. The zero-order valence-corrected chi connectivity index (χ0v) is 12.3. The molecular weight excluding hydrogens is 268 g/mol. The monoisotopic (exact) mass is 286 g/mol. The summed E-state index contributed by atoms with van der Waals surface area (Å²) in [6.07, 6.45) is 1.68. The highest BCUT2D eigenvalue weighted by molar-refractivity contribution is 5.94. The Morgan fingerprint density at radius 1 is 1.19 bits per heavy atom. The van der Waals surface area contributed by atoms with Gasteiger partial charge in [-0.3, -0.25) is 4.79 Å². The van der Waals surface area contributed by atoms with Crippen molar-refractivity contribution in [3.63, 3.8) is 0 Å². The molecule has 0 saturated heterocycles. The van der Waals surface area contributed by atoms with E-state index in [1.54, 1.807) is 38.6 Å². The van der Waals surface area contributed by atoms with Crippen molar-refractivity contribution in [2.24, 2.45) is 0 Å². The smallest absolute Gasteiger partial charge is 0.251 e. The standard InChI is InChI=1S/C16H18N2O3/c1-11-4-6-13(8-14(11)20-2)16(19)18-10-12-5-7-15(21-3)17-9-12/h4-9H,10H2,1-3H3,(H,18,19). The van der Waals surface area contributed by atoms with Crippen LogP contribution in [0.25, 0.3) is 0 Å². The molecule has 2 rings (SSSR count). The zero-order chi connectivity index (χ0) is 15.2. The molecule has 0 aliphatic rings. The van der Waals surface area contributed by atoms with E-state index in [9.17, 15) is 4.79 Å². The SMILES string of the molecule is COc1ccc(CNC(=O)c2ccc(C)c(OC)c2)cn1. The van der Waals surface area contributed by atoms with Gasteiger partial charge in [-0.15, -0.1) is 0 Å². The van der Waals surface area contributed by atoms with Gasteiger partial charge in [0.2, 0.25) is 5.88 Å². The van der Waals surface area contributed by atoms with Crippen LogP contribution in [0.2, 0.25) is 0 Å². The fourth-order valence-electron chi connectivity index (χ4n) is 1.88. The van der Waals surface area contributed by atoms with Crippen molar-refractivity contribution in [3.8, 4) is 11.6 Å². The van der Waals surface area contributed by atoms with Crippen LogP contribution in [0.3, 0.4) is 0 Å². The fourth-order valence-corrected chi connectivity index (χ4v) is 1.88. The summed E-state index contributed by atoms with van der Waals surface area (Å²) in [6.45, 7) is 2.34. The first kappa shape index (κ1) is 14.8. The number of methoxy groups -OCH3 is 2. The van der Waals surface area contributed by atoms with Gasteiger partial charge >= 0.3 is 0 Å². The molecule has 0 radical (unpaired) electrons. The van der Waals surface area contributed by atoms with E-state index >= 15 is 0 Å². The van der Waals surface area contributed by atoms with Crippen LogP contribution in [0.4, 0.5) is 0 Å². The second kappa shape index (κ2) is 6.74. The van der Waals surface area contributed by atoms with Crippen LogP contribution in [0.5, 0.6) is 11.6 Å². The second-order valence-corrected chi connectivity index (χ2v) is 4.58. The lowest BCUT2D eigenvalue weighted by Crippen LogP contribution is -2.22. The minimum absolute atomic E-state index is 0.149. The predicted octanol–water partition coefficient (Wildman–Crippen LogP) is 2.34. The highest BCUT2D eigenvalue weighted by Gasteiger charge is 2.08. The summed E-state index contributed by atoms with van der Waals surface area (Å²) in [5.74, 6) is 1.10. The molecule has 21 heavy (non-hydrogen) atoms. The molecular formula is C16H18N2O3. The number of rotatable bonds is 5. The van der Waals surface area contributed by atoms with E-state index < -0.39 is 0 Å². The van der Waals surface area contributed by atoms with Gasteiger partial charge in [-0.2, -0.15) is 0 Å². The molecule has 0 aliphatic heterocycles. The van der Waals surface area contributed by atoms with E-state index in [1.807, 2.05) is 19.1 Å². The van der Waals surface area contributed by atoms with Crippen molar-refractivity contribution in [3.05, 3.63) is 53.2 Å². The minimum Gasteiger partial charge on any atom is -0.496 e. The molecule has 1 heterocycles. The summed E-state index contributed by atoms with van der Waals surface area (Å²) < 4.78 is 10.2. The summed E-state index contributed by atoms with van der Waals surface area (Å²) in [5, 5.41) is 2.85. The van der Waals surface area contributed by atoms with Crippen LogP contribution >= 0.6 is 0 Å². The van der Waals surface area contributed by atoms with Crippen LogP contribution in [-0.2, 0) is 6.54 Å². The van der Waals surface area contributed by atoms with Gasteiger partial charge in [0.25, 0.3) is 5.91 Å². The summed E-state index contributed by atoms with van der Waals surface area (Å²) in [7, 11) is 3.15. The normalized spacial score (nSPS) is 10.0. The summed E-state index contributed by atoms with van der Waals surface area (Å²) in [6, 6.07) is 9.00. The van der Waals surface area contributed by atoms with E-state index in [0.29, 0.717) is 23.7 Å². The first-order chi connectivity index (χ1) is 10.1. The highest BCUT2D eigenvalue weighted by Crippen LogP contribution is 2.18. The lowest BCUT2D eigenvalue weighted by molar-refractivity contribution is 0.0950. The van der Waals surface area contributed by atoms with Crippen LogP contribution in [-0.4, -0.2) is 25.1 Å². The number of benzene rings is 1. The summed E-state index contributed by atoms with van der Waals surface area (Å²) >= 11 is 0. The molecule has 5 nitrogen and oxygen atoms in total. The average Bonchev–Trinajstić information content (AvgIpc) is 2.53. The molecule has 0 bridgehead atoms. The molecule has 1 N–H and O–H groups in total. The topological polar surface area (TPSA) is 60.5 Å². The lowest BCUT2D eigenvalue weighted by Gasteiger charge is -2.09. The summed E-state index contributed by atoms with van der Waals surface area (Å²) in [5.41, 5.74) is 2.47. The molecule has 1 aromatic heterocycles. The zero-order valence-electron chi connectivity index (χ0n) is 12.3. The lowest BCUT2D eigenvalue weighted by atomic mass is 10.1. The van der Waals surface area contributed by atoms with E-state index in [1.165, 1.54) is 0 Å². The maximum absolute atomic E-state index is 12.1. The minimum atomic E-state index is -0.149. The highest BCUT2D eigenvalue weighted by atomic mass is 16.5. The van der Waals surface area contributed by atoms with Crippen molar-refractivity contribution >= 4 is 5.91 Å². The Hall–Kier alpha value is -2.56. The largest absolute Gasteiger partial charge is 0.496 e. The van der Waals surface area contributed by atoms with Crippen LogP contribution in [0.1, 0.15) is 21.5 Å². The molecule has 2 aromatic rings. The van der Waals surface area contributed by atoms with Gasteiger partial charge in [-0.1, -0.05) is 12.1 Å². The van der Waals surface area contributed by atoms with Crippen molar-refractivity contribution < 1.29 is 14.3 Å². The maximum Gasteiger partial charge on any atom is 0.251 e. The Balaban J connectivity index is 2.00. The van der Waals surface area contributed by atoms with E-state index in [-0.39, 0.29) is 5.91 Å². The predicted molar refractivity (Wildman–Crippen MR) is 79.7 cm³/mol. The molecule has 0 saturated carbocycles. The maximum atomic E-state index is 12.1. The molecule has 0 atom stereocenters. The van der Waals surface area contributed by atoms with Gasteiger partial charge in [-0.25, -0.2) is 4.98 Å². The van der Waals surface area contributed by atoms with Gasteiger partial charge in [0.1, 0.15) is 5.75 Å². The number of hydrogen-bond acceptors (Lipinski definition) is 4. The second-order valence-electron chi connectivity index (χ2n) is 4.58. The third-order valence-corrected chi connectivity index (χ3v) is 3.13. The van der Waals surface area contributed by atoms with Crippen molar-refractivity contribution in [1.29, 1.82) is 0 Å². The third-order valence-electron chi connectivity index (χ3n) is 3.13. The molecule has 1 amide bonds. The van der Waals surface area contributed by atoms with Crippen molar-refractivity contribution in [2.45, 2.75) is 13.5 Å². The van der Waals surface area contributed by atoms with E-state index in [0.717, 1.165) is 11.1 Å². The number of nitrogens with one attached hydrogen (secondary N) is 1. The quantitative estimate of drug-likeness (QED) is 0.916. The van der Waals surface area contributed by atoms with Crippen LogP contribution < -0.4 is 14.8 Å². The third kappa shape index (κ3) is 3.72. The number of nitrogens with zero attached hydrogens (tertiary/aromatic N) is 1. The van der Waals surface area contributed by atoms with Crippen LogP contribution in [0, 0.1) is 6.92 Å². The Labute approximate surface area is 123 Å². The Kier molecular flexibility index (Phi) is 4.77. The van der Waals surface area contributed by atoms with Gasteiger partial charge in [0.15, 0.2) is 0 Å². The summed E-state index contributed by atoms with van der Waals surface area (Å²) in [4.78, 5) is 16.2. The van der Waals surface area contributed by atoms with Gasteiger partial charge in [0.05, 0.1) is 14.2 Å². The number of pyridine rings is 1. The van der Waals surface area contributed by atoms with Crippen molar-refractivity contribution in [2.75, 3.05) is 14.2 Å². The molecule has 0 spiro atoms. The molecule has 0 unspecified atom stereocenters. The Morgan fingerprint density at radius 3 is 2.62 bits per heavy atom. The van der Waals surface area contributed by atoms with Crippen molar-refractivity contribution in [1.82, 2.24) is 10.3 Å². The first-order valence-corrected chi connectivity index (χ1v) is 6.56. The number of amides is 1. The van der Waals surface area contributed by atoms with E-state index in [2.05, 4.69) is 10.3 Å². The number of aromatic nitrogens is 1. The van der Waals surface area contributed by atoms with Gasteiger partial charge in [0, 0.05) is 24.4 Å². The molecule has 5 heteroatoms. The number of ether oxygens (including phenoxy) is 2. The molecule has 0 aliphatic carbocycles. The molecule has 110 valence electrons. The fraction of sp³-hybridized carbons (Fsp3) is 0.250. The average molecular weight is 286 g/mol. The van der Waals surface area contributed by atoms with E-state index in [4.69, 9.17) is 9.47 Å². The first-order valence-electron chi connectivity index (χ1n) is 6.56. The Morgan fingerprint density at radius 2 is 2.00 bits per heavy atom. The van der Waals surface area contributed by atoms with Crippen LogP contribution in [0.15, 0.2) is 36.5 Å². The molecule has 1 aromatic carbocycles. The van der Waals surface area contributed by atoms with Gasteiger partial charge in [-0.05, 0) is 30.2 Å². The molecule has 0 fully saturated rings.